The SMILES string of the molecule is NC(=O)N1CCC[C@H]1C(=O)N1CCCC2(CCCc3ccccc32)C1. The van der Waals surface area contributed by atoms with Crippen molar-refractivity contribution >= 4 is 11.9 Å². The number of nitrogens with zero attached hydrogens (tertiary/aromatic N) is 2. The van der Waals surface area contributed by atoms with Crippen LogP contribution in [0.3, 0.4) is 0 Å². The van der Waals surface area contributed by atoms with Crippen molar-refractivity contribution in [3.8, 4) is 0 Å². The van der Waals surface area contributed by atoms with Gasteiger partial charge in [0.15, 0.2) is 0 Å². The summed E-state index contributed by atoms with van der Waals surface area (Å²) < 4.78 is 0. The van der Waals surface area contributed by atoms with Crippen molar-refractivity contribution in [3.63, 3.8) is 0 Å². The number of likely N-dealkylation sites (tertiary alicyclic amines) is 2. The van der Waals surface area contributed by atoms with Gasteiger partial charge < -0.3 is 15.5 Å². The highest BCUT2D eigenvalue weighted by molar-refractivity contribution is 5.87. The second-order valence-corrected chi connectivity index (χ2v) is 7.84. The van der Waals surface area contributed by atoms with E-state index in [1.165, 1.54) is 17.5 Å². The van der Waals surface area contributed by atoms with E-state index in [2.05, 4.69) is 24.3 Å². The quantitative estimate of drug-likeness (QED) is 0.852. The summed E-state index contributed by atoms with van der Waals surface area (Å²) in [6.45, 7) is 2.19. The van der Waals surface area contributed by atoms with Crippen LogP contribution in [0.4, 0.5) is 4.79 Å². The van der Waals surface area contributed by atoms with E-state index in [9.17, 15) is 9.59 Å². The largest absolute Gasteiger partial charge is 0.351 e. The number of hydrogen-bond donors (Lipinski definition) is 1. The smallest absolute Gasteiger partial charge is 0.315 e. The summed E-state index contributed by atoms with van der Waals surface area (Å²) in [5.41, 5.74) is 8.46. The van der Waals surface area contributed by atoms with Gasteiger partial charge in [0, 0.05) is 25.0 Å². The fourth-order valence-electron chi connectivity index (χ4n) is 5.25. The molecule has 0 bridgehead atoms. The Morgan fingerprint density at radius 2 is 1.88 bits per heavy atom. The van der Waals surface area contributed by atoms with E-state index < -0.39 is 6.03 Å². The van der Waals surface area contributed by atoms with Crippen LogP contribution in [0.15, 0.2) is 24.3 Å². The first-order chi connectivity index (χ1) is 12.1. The molecule has 5 nitrogen and oxygen atoms in total. The van der Waals surface area contributed by atoms with Gasteiger partial charge in [-0.3, -0.25) is 4.79 Å². The van der Waals surface area contributed by atoms with Gasteiger partial charge in [-0.1, -0.05) is 24.3 Å². The van der Waals surface area contributed by atoms with Crippen LogP contribution in [0.5, 0.6) is 0 Å². The molecule has 2 atom stereocenters. The van der Waals surface area contributed by atoms with Crippen LogP contribution in [0, 0.1) is 0 Å². The Labute approximate surface area is 149 Å². The molecule has 0 radical (unpaired) electrons. The highest BCUT2D eigenvalue weighted by Crippen LogP contribution is 2.43. The van der Waals surface area contributed by atoms with E-state index in [1.807, 2.05) is 4.90 Å². The Hall–Kier alpha value is -2.04. The summed E-state index contributed by atoms with van der Waals surface area (Å²) in [6.07, 6.45) is 7.27. The zero-order valence-corrected chi connectivity index (χ0v) is 14.7. The number of carbonyl (C=O) groups excluding carboxylic acids is 2. The minimum atomic E-state index is -0.467. The van der Waals surface area contributed by atoms with Gasteiger partial charge in [0.1, 0.15) is 6.04 Å². The Morgan fingerprint density at radius 3 is 2.72 bits per heavy atom. The highest BCUT2D eigenvalue weighted by Gasteiger charge is 2.44. The molecule has 1 aliphatic carbocycles. The molecule has 4 rings (SSSR count). The summed E-state index contributed by atoms with van der Waals surface area (Å²) in [7, 11) is 0. The number of carbonyl (C=O) groups is 2. The average molecular weight is 341 g/mol. The number of hydrogen-bond acceptors (Lipinski definition) is 2. The van der Waals surface area contributed by atoms with Crippen LogP contribution in [-0.4, -0.2) is 47.4 Å². The molecule has 25 heavy (non-hydrogen) atoms. The van der Waals surface area contributed by atoms with E-state index in [1.54, 1.807) is 4.90 Å². The van der Waals surface area contributed by atoms with Crippen molar-refractivity contribution < 1.29 is 9.59 Å². The zero-order chi connectivity index (χ0) is 17.4. The number of nitrogens with two attached hydrogens (primary N) is 1. The van der Waals surface area contributed by atoms with E-state index in [0.717, 1.165) is 51.6 Å². The first kappa shape index (κ1) is 16.4. The lowest BCUT2D eigenvalue weighted by Crippen LogP contribution is -2.55. The number of rotatable bonds is 1. The van der Waals surface area contributed by atoms with Crippen LogP contribution >= 0.6 is 0 Å². The normalized spacial score (nSPS) is 28.9. The zero-order valence-electron chi connectivity index (χ0n) is 14.7. The second kappa shape index (κ2) is 6.36. The molecule has 1 aromatic carbocycles. The first-order valence-electron chi connectivity index (χ1n) is 9.54. The maximum atomic E-state index is 13.1. The Balaban J connectivity index is 1.58. The lowest BCUT2D eigenvalue weighted by atomic mass is 9.66. The standard InChI is InChI=1S/C20H27N3O2/c21-19(25)23-13-4-9-17(23)18(24)22-12-5-11-20(14-22)10-3-7-15-6-1-2-8-16(15)20/h1-2,6,8,17H,3-5,7,9-14H2,(H2,21,25)/t17-,20?/m0/s1. The second-order valence-electron chi connectivity index (χ2n) is 7.84. The predicted octanol–water partition coefficient (Wildman–Crippen LogP) is 2.43. The van der Waals surface area contributed by atoms with Crippen molar-refractivity contribution in [1.29, 1.82) is 0 Å². The third-order valence-electron chi connectivity index (χ3n) is 6.40. The van der Waals surface area contributed by atoms with Crippen LogP contribution in [0.1, 0.15) is 49.7 Å². The Kier molecular flexibility index (Phi) is 4.18. The third-order valence-corrected chi connectivity index (χ3v) is 6.40. The predicted molar refractivity (Wildman–Crippen MR) is 96.2 cm³/mol. The van der Waals surface area contributed by atoms with Crippen molar-refractivity contribution in [2.24, 2.45) is 5.73 Å². The number of urea groups is 1. The third kappa shape index (κ3) is 2.79. The molecule has 2 heterocycles. The number of piperidine rings is 1. The molecular formula is C20H27N3O2. The molecule has 2 saturated heterocycles. The van der Waals surface area contributed by atoms with Crippen LogP contribution in [-0.2, 0) is 16.6 Å². The Morgan fingerprint density at radius 1 is 1.08 bits per heavy atom. The van der Waals surface area contributed by atoms with Gasteiger partial charge in [0.25, 0.3) is 0 Å². The van der Waals surface area contributed by atoms with Crippen LogP contribution in [0.25, 0.3) is 0 Å². The van der Waals surface area contributed by atoms with Gasteiger partial charge in [-0.15, -0.1) is 0 Å². The lowest BCUT2D eigenvalue weighted by molar-refractivity contribution is -0.137. The molecule has 0 aromatic heterocycles. The van der Waals surface area contributed by atoms with Crippen LogP contribution in [0.2, 0.25) is 0 Å². The van der Waals surface area contributed by atoms with E-state index in [0.29, 0.717) is 6.54 Å². The van der Waals surface area contributed by atoms with Gasteiger partial charge in [-0.05, 0) is 56.1 Å². The summed E-state index contributed by atoms with van der Waals surface area (Å²) in [4.78, 5) is 28.3. The average Bonchev–Trinajstić information content (AvgIpc) is 3.12. The fourth-order valence-corrected chi connectivity index (χ4v) is 5.25. The molecule has 5 heteroatoms. The monoisotopic (exact) mass is 341 g/mol. The summed E-state index contributed by atoms with van der Waals surface area (Å²) in [6, 6.07) is 7.92. The molecule has 1 spiro atoms. The Bertz CT molecular complexity index is 689. The molecule has 2 fully saturated rings. The van der Waals surface area contributed by atoms with Gasteiger partial charge in [-0.2, -0.15) is 0 Å². The number of amides is 3. The van der Waals surface area contributed by atoms with Crippen molar-refractivity contribution in [3.05, 3.63) is 35.4 Å². The molecule has 1 unspecified atom stereocenters. The molecule has 2 aliphatic heterocycles. The van der Waals surface area contributed by atoms with E-state index in [-0.39, 0.29) is 17.4 Å². The summed E-state index contributed by atoms with van der Waals surface area (Å²) >= 11 is 0. The van der Waals surface area contributed by atoms with Gasteiger partial charge in [0.05, 0.1) is 0 Å². The minimum absolute atomic E-state index is 0.0958. The molecular weight excluding hydrogens is 314 g/mol. The number of primary amides is 1. The maximum absolute atomic E-state index is 13.1. The van der Waals surface area contributed by atoms with Crippen LogP contribution < -0.4 is 5.73 Å². The van der Waals surface area contributed by atoms with Crippen molar-refractivity contribution in [1.82, 2.24) is 9.80 Å². The van der Waals surface area contributed by atoms with Gasteiger partial charge in [-0.25, -0.2) is 4.79 Å². The molecule has 2 N–H and O–H groups in total. The van der Waals surface area contributed by atoms with Crippen molar-refractivity contribution in [2.75, 3.05) is 19.6 Å². The van der Waals surface area contributed by atoms with E-state index in [4.69, 9.17) is 5.73 Å². The van der Waals surface area contributed by atoms with Gasteiger partial charge in [0.2, 0.25) is 5.91 Å². The number of benzene rings is 1. The molecule has 0 saturated carbocycles. The van der Waals surface area contributed by atoms with Gasteiger partial charge >= 0.3 is 6.03 Å². The summed E-state index contributed by atoms with van der Waals surface area (Å²) in [5, 5.41) is 0. The summed E-state index contributed by atoms with van der Waals surface area (Å²) in [5.74, 6) is 0.0958. The fraction of sp³-hybridized carbons (Fsp3) is 0.600. The first-order valence-corrected chi connectivity index (χ1v) is 9.54. The highest BCUT2D eigenvalue weighted by atomic mass is 16.2. The van der Waals surface area contributed by atoms with Crippen molar-refractivity contribution in [2.45, 2.75) is 56.4 Å². The molecule has 1 aromatic rings. The lowest BCUT2D eigenvalue weighted by Gasteiger charge is -2.47. The van der Waals surface area contributed by atoms with E-state index >= 15 is 0 Å². The molecule has 134 valence electrons. The topological polar surface area (TPSA) is 66.6 Å². The molecule has 3 aliphatic rings. The minimum Gasteiger partial charge on any atom is -0.351 e. The number of fused-ring (bicyclic) bond motifs is 2. The number of aryl methyl sites for hydroxylation is 1. The maximum Gasteiger partial charge on any atom is 0.315 e. The molecule has 3 amide bonds.